The maximum Gasteiger partial charge on any atom is 0.0506 e. The molecule has 0 bridgehead atoms. The van der Waals surface area contributed by atoms with Gasteiger partial charge in [0.2, 0.25) is 0 Å². The van der Waals surface area contributed by atoms with E-state index in [1.54, 1.807) is 0 Å². The highest BCUT2D eigenvalue weighted by molar-refractivity contribution is 5.47. The quantitative estimate of drug-likeness (QED) is 0.886. The molecule has 3 nitrogen and oxygen atoms in total. The number of rotatable bonds is 5. The van der Waals surface area contributed by atoms with Crippen molar-refractivity contribution in [1.29, 1.82) is 0 Å². The monoisotopic (exact) mass is 263 g/mol. The highest BCUT2D eigenvalue weighted by Gasteiger charge is 2.33. The third kappa shape index (κ3) is 3.48. The molecule has 0 amide bonds. The molecule has 0 unspecified atom stereocenters. The van der Waals surface area contributed by atoms with Gasteiger partial charge in [-0.05, 0) is 37.0 Å². The van der Waals surface area contributed by atoms with Crippen LogP contribution in [0.25, 0.3) is 0 Å². The number of aliphatic hydroxyl groups is 1. The fourth-order valence-electron chi connectivity index (χ4n) is 2.75. The largest absolute Gasteiger partial charge is 0.396 e. The number of hydrogen-bond donors (Lipinski definition) is 1. The Hall–Kier alpha value is -1.06. The molecule has 0 spiro atoms. The third-order valence-electron chi connectivity index (χ3n) is 4.25. The molecule has 1 aromatic carbocycles. The summed E-state index contributed by atoms with van der Waals surface area (Å²) in [4.78, 5) is 2.25. The van der Waals surface area contributed by atoms with Crippen LogP contribution in [-0.4, -0.2) is 38.5 Å². The van der Waals surface area contributed by atoms with E-state index in [4.69, 9.17) is 4.74 Å². The minimum Gasteiger partial charge on any atom is -0.396 e. The number of hydrogen-bond acceptors (Lipinski definition) is 3. The summed E-state index contributed by atoms with van der Waals surface area (Å²) in [5.41, 5.74) is 2.58. The second-order valence-corrected chi connectivity index (χ2v) is 5.65. The van der Waals surface area contributed by atoms with Gasteiger partial charge in [0.1, 0.15) is 0 Å². The van der Waals surface area contributed by atoms with Crippen LogP contribution in [0.15, 0.2) is 24.3 Å². The standard InChI is InChI=1S/C16H25NO2/c1-3-14-4-6-15(7-5-14)17(2)12-16(13-18)8-10-19-11-9-16/h4-7,18H,3,8-13H2,1-2H3. The maximum absolute atomic E-state index is 9.74. The van der Waals surface area contributed by atoms with Crippen molar-refractivity contribution in [3.8, 4) is 0 Å². The first-order chi connectivity index (χ1) is 9.19. The summed E-state index contributed by atoms with van der Waals surface area (Å²) >= 11 is 0. The highest BCUT2D eigenvalue weighted by atomic mass is 16.5. The Morgan fingerprint density at radius 1 is 1.21 bits per heavy atom. The molecule has 1 saturated heterocycles. The molecule has 0 radical (unpaired) electrons. The lowest BCUT2D eigenvalue weighted by atomic mass is 9.80. The summed E-state index contributed by atoms with van der Waals surface area (Å²) in [6, 6.07) is 8.70. The van der Waals surface area contributed by atoms with Crippen LogP contribution in [-0.2, 0) is 11.2 Å². The second kappa shape index (κ2) is 6.40. The average Bonchev–Trinajstić information content (AvgIpc) is 2.48. The summed E-state index contributed by atoms with van der Waals surface area (Å²) < 4.78 is 5.41. The first kappa shape index (κ1) is 14.4. The summed E-state index contributed by atoms with van der Waals surface area (Å²) in [5.74, 6) is 0. The lowest BCUT2D eigenvalue weighted by Crippen LogP contribution is -2.42. The highest BCUT2D eigenvalue weighted by Crippen LogP contribution is 2.32. The van der Waals surface area contributed by atoms with Gasteiger partial charge in [0, 0.05) is 37.9 Å². The van der Waals surface area contributed by atoms with Crippen molar-refractivity contribution in [2.45, 2.75) is 26.2 Å². The first-order valence-electron chi connectivity index (χ1n) is 7.18. The van der Waals surface area contributed by atoms with Crippen molar-refractivity contribution in [3.63, 3.8) is 0 Å². The van der Waals surface area contributed by atoms with Crippen molar-refractivity contribution in [1.82, 2.24) is 0 Å². The van der Waals surface area contributed by atoms with Crippen LogP contribution in [0.5, 0.6) is 0 Å². The number of ether oxygens (including phenoxy) is 1. The minimum absolute atomic E-state index is 0.00354. The molecule has 0 atom stereocenters. The number of benzene rings is 1. The Bertz CT molecular complexity index is 382. The fraction of sp³-hybridized carbons (Fsp3) is 0.625. The van der Waals surface area contributed by atoms with Crippen molar-refractivity contribution in [2.75, 3.05) is 38.3 Å². The summed E-state index contributed by atoms with van der Waals surface area (Å²) in [6.45, 7) is 4.83. The van der Waals surface area contributed by atoms with Crippen molar-refractivity contribution >= 4 is 5.69 Å². The van der Waals surface area contributed by atoms with Gasteiger partial charge in [-0.3, -0.25) is 0 Å². The van der Waals surface area contributed by atoms with Gasteiger partial charge >= 0.3 is 0 Å². The van der Waals surface area contributed by atoms with Gasteiger partial charge in [-0.25, -0.2) is 0 Å². The molecule has 106 valence electrons. The number of aryl methyl sites for hydroxylation is 1. The van der Waals surface area contributed by atoms with Crippen molar-refractivity contribution in [2.24, 2.45) is 5.41 Å². The molecule has 0 aromatic heterocycles. The molecule has 1 aliphatic rings. The van der Waals surface area contributed by atoms with Crippen LogP contribution in [0, 0.1) is 5.41 Å². The molecule has 1 aliphatic heterocycles. The van der Waals surface area contributed by atoms with E-state index in [1.165, 1.54) is 11.3 Å². The molecular weight excluding hydrogens is 238 g/mol. The van der Waals surface area contributed by atoms with Crippen LogP contribution in [0.1, 0.15) is 25.3 Å². The van der Waals surface area contributed by atoms with Crippen molar-refractivity contribution < 1.29 is 9.84 Å². The predicted molar refractivity (Wildman–Crippen MR) is 78.7 cm³/mol. The van der Waals surface area contributed by atoms with Gasteiger partial charge in [-0.2, -0.15) is 0 Å². The predicted octanol–water partition coefficient (Wildman–Crippen LogP) is 2.47. The normalized spacial score (nSPS) is 18.3. The van der Waals surface area contributed by atoms with E-state index in [0.717, 1.165) is 39.0 Å². The summed E-state index contributed by atoms with van der Waals surface area (Å²) in [5, 5.41) is 9.74. The van der Waals surface area contributed by atoms with E-state index in [9.17, 15) is 5.11 Å². The van der Waals surface area contributed by atoms with Gasteiger partial charge in [0.15, 0.2) is 0 Å². The molecule has 1 N–H and O–H groups in total. The van der Waals surface area contributed by atoms with Crippen LogP contribution in [0.3, 0.4) is 0 Å². The first-order valence-corrected chi connectivity index (χ1v) is 7.18. The topological polar surface area (TPSA) is 32.7 Å². The summed E-state index contributed by atoms with van der Waals surface area (Å²) in [6.07, 6.45) is 2.96. The number of anilines is 1. The van der Waals surface area contributed by atoms with Gasteiger partial charge < -0.3 is 14.7 Å². The fourth-order valence-corrected chi connectivity index (χ4v) is 2.75. The minimum atomic E-state index is -0.00354. The van der Waals surface area contributed by atoms with E-state index in [-0.39, 0.29) is 12.0 Å². The van der Waals surface area contributed by atoms with Gasteiger partial charge in [-0.1, -0.05) is 19.1 Å². The zero-order valence-corrected chi connectivity index (χ0v) is 12.1. The lowest BCUT2D eigenvalue weighted by Gasteiger charge is -2.39. The third-order valence-corrected chi connectivity index (χ3v) is 4.25. The Labute approximate surface area is 116 Å². The van der Waals surface area contributed by atoms with E-state index in [2.05, 4.69) is 43.1 Å². The molecule has 3 heteroatoms. The van der Waals surface area contributed by atoms with Gasteiger partial charge in [0.25, 0.3) is 0 Å². The van der Waals surface area contributed by atoms with E-state index in [0.29, 0.717) is 0 Å². The molecule has 19 heavy (non-hydrogen) atoms. The van der Waals surface area contributed by atoms with Crippen LogP contribution in [0.2, 0.25) is 0 Å². The van der Waals surface area contributed by atoms with Crippen LogP contribution in [0.4, 0.5) is 5.69 Å². The maximum atomic E-state index is 9.74. The van der Waals surface area contributed by atoms with Crippen molar-refractivity contribution in [3.05, 3.63) is 29.8 Å². The van der Waals surface area contributed by atoms with Gasteiger partial charge in [0.05, 0.1) is 6.61 Å². The molecule has 0 aliphatic carbocycles. The molecular formula is C16H25NO2. The Balaban J connectivity index is 2.03. The SMILES string of the molecule is CCc1ccc(N(C)CC2(CO)CCOCC2)cc1. The Morgan fingerprint density at radius 2 is 1.84 bits per heavy atom. The van der Waals surface area contributed by atoms with E-state index in [1.807, 2.05) is 0 Å². The Kier molecular flexibility index (Phi) is 4.83. The van der Waals surface area contributed by atoms with Crippen LogP contribution < -0.4 is 4.90 Å². The molecule has 1 fully saturated rings. The number of nitrogens with zero attached hydrogens (tertiary/aromatic N) is 1. The number of aliphatic hydroxyl groups excluding tert-OH is 1. The average molecular weight is 263 g/mol. The zero-order valence-electron chi connectivity index (χ0n) is 12.1. The zero-order chi connectivity index (χ0) is 13.7. The molecule has 2 rings (SSSR count). The van der Waals surface area contributed by atoms with E-state index >= 15 is 0 Å². The molecule has 1 aromatic rings. The smallest absolute Gasteiger partial charge is 0.0506 e. The lowest BCUT2D eigenvalue weighted by molar-refractivity contribution is -0.0113. The summed E-state index contributed by atoms with van der Waals surface area (Å²) in [7, 11) is 2.10. The second-order valence-electron chi connectivity index (χ2n) is 5.65. The molecule has 1 heterocycles. The Morgan fingerprint density at radius 3 is 2.37 bits per heavy atom. The molecule has 0 saturated carbocycles. The van der Waals surface area contributed by atoms with Gasteiger partial charge in [-0.15, -0.1) is 0 Å². The van der Waals surface area contributed by atoms with Crippen LogP contribution >= 0.6 is 0 Å². The van der Waals surface area contributed by atoms with E-state index < -0.39 is 0 Å².